The Morgan fingerprint density at radius 1 is 1.81 bits per heavy atom. The second-order valence-corrected chi connectivity index (χ2v) is 3.52. The van der Waals surface area contributed by atoms with Crippen LogP contribution in [0.3, 0.4) is 0 Å². The zero-order valence-corrected chi connectivity index (χ0v) is 9.51. The number of aromatic nitrogens is 2. The fourth-order valence-electron chi connectivity index (χ4n) is 0.948. The smallest absolute Gasteiger partial charge is 0.358 e. The first-order chi connectivity index (χ1) is 7.54. The van der Waals surface area contributed by atoms with Gasteiger partial charge >= 0.3 is 11.8 Å². The number of carbonyl (C=O) groups excluding carboxylic acids is 1. The molecule has 0 saturated carbocycles. The van der Waals surface area contributed by atoms with Gasteiger partial charge in [0.05, 0.1) is 24.3 Å². The second kappa shape index (κ2) is 5.53. The van der Waals surface area contributed by atoms with E-state index >= 15 is 0 Å². The molecule has 1 aromatic heterocycles. The molecule has 0 radical (unpaired) electrons. The van der Waals surface area contributed by atoms with Crippen molar-refractivity contribution in [3.8, 4) is 0 Å². The van der Waals surface area contributed by atoms with E-state index in [2.05, 4.69) is 25.9 Å². The summed E-state index contributed by atoms with van der Waals surface area (Å²) in [6, 6.07) is 0. The third-order valence-corrected chi connectivity index (χ3v) is 2.15. The van der Waals surface area contributed by atoms with Crippen LogP contribution in [-0.4, -0.2) is 20.7 Å². The first-order valence-corrected chi connectivity index (χ1v) is 4.86. The van der Waals surface area contributed by atoms with Crippen molar-refractivity contribution in [2.75, 3.05) is 0 Å². The minimum absolute atomic E-state index is 0.00449. The van der Waals surface area contributed by atoms with E-state index in [1.54, 1.807) is 5.59 Å². The Kier molecular flexibility index (Phi) is 4.34. The van der Waals surface area contributed by atoms with Crippen LogP contribution in [0.25, 0.3) is 0 Å². The maximum Gasteiger partial charge on any atom is 0.404 e. The molecule has 0 aliphatic carbocycles. The summed E-state index contributed by atoms with van der Waals surface area (Å²) in [4.78, 5) is 25.0. The topological polar surface area (TPSA) is 125 Å². The van der Waals surface area contributed by atoms with Gasteiger partial charge in [-0.15, -0.1) is 0 Å². The van der Waals surface area contributed by atoms with Gasteiger partial charge in [0, 0.05) is 0 Å². The Hall–Kier alpha value is -1.52. The van der Waals surface area contributed by atoms with Gasteiger partial charge in [-0.2, -0.15) is 4.68 Å². The molecule has 0 aliphatic heterocycles. The number of hydrogen-bond acceptors (Lipinski definition) is 7. The number of nitrogens with zero attached hydrogens (tertiary/aromatic N) is 3. The van der Waals surface area contributed by atoms with E-state index < -0.39 is 10.9 Å². The van der Waals surface area contributed by atoms with Crippen LogP contribution < -0.4 is 11.4 Å². The third-order valence-electron chi connectivity index (χ3n) is 1.59. The predicted octanol–water partition coefficient (Wildman–Crippen LogP) is -0.135. The lowest BCUT2D eigenvalue weighted by Crippen LogP contribution is -2.26. The molecule has 1 heterocycles. The summed E-state index contributed by atoms with van der Waals surface area (Å²) >= 11 is 2.98. The number of nitrogens with two attached hydrogens (primary N) is 1. The zero-order valence-electron chi connectivity index (χ0n) is 7.92. The van der Waals surface area contributed by atoms with E-state index in [0.29, 0.717) is 0 Å². The highest BCUT2D eigenvalue weighted by Crippen LogP contribution is 2.21. The number of hydrazine groups is 1. The normalized spacial score (nSPS) is 10.1. The van der Waals surface area contributed by atoms with Crippen LogP contribution in [0.2, 0.25) is 0 Å². The van der Waals surface area contributed by atoms with Crippen LogP contribution in [0.5, 0.6) is 0 Å². The molecule has 0 fully saturated rings. The number of halogens is 1. The molecule has 0 spiro atoms. The van der Waals surface area contributed by atoms with Crippen LogP contribution in [0, 0.1) is 10.1 Å². The summed E-state index contributed by atoms with van der Waals surface area (Å²) in [7, 11) is 0. The zero-order chi connectivity index (χ0) is 12.1. The Balaban J connectivity index is 2.58. The van der Waals surface area contributed by atoms with E-state index in [1.165, 1.54) is 10.9 Å². The second-order valence-electron chi connectivity index (χ2n) is 2.66. The monoisotopic (exact) mass is 293 g/mol. The molecule has 0 unspecified atom stereocenters. The van der Waals surface area contributed by atoms with Crippen molar-refractivity contribution in [3.05, 3.63) is 20.8 Å². The molecule has 0 aromatic carbocycles. The number of rotatable bonds is 5. The molecule has 0 amide bonds. The van der Waals surface area contributed by atoms with Gasteiger partial charge in [0.1, 0.15) is 4.47 Å². The minimum atomic E-state index is -0.625. The molecule has 9 nitrogen and oxygen atoms in total. The highest BCUT2D eigenvalue weighted by molar-refractivity contribution is 9.10. The van der Waals surface area contributed by atoms with Gasteiger partial charge in [-0.05, 0) is 20.9 Å². The number of nitrogens with one attached hydrogen (secondary N) is 1. The summed E-state index contributed by atoms with van der Waals surface area (Å²) in [6.07, 6.45) is 1.40. The summed E-state index contributed by atoms with van der Waals surface area (Å²) in [5.74, 6) is 3.87. The molecule has 3 N–H and O–H groups in total. The number of nitro groups is 1. The van der Waals surface area contributed by atoms with Gasteiger partial charge in [0.2, 0.25) is 0 Å². The first kappa shape index (κ1) is 12.5. The number of carbonyl (C=O) groups is 1. The number of hydrogen-bond donors (Lipinski definition) is 2. The highest BCUT2D eigenvalue weighted by atomic mass is 79.9. The lowest BCUT2D eigenvalue weighted by molar-refractivity contribution is -0.390. The molecule has 0 saturated heterocycles. The Morgan fingerprint density at radius 3 is 3.00 bits per heavy atom. The molecular weight excluding hydrogens is 286 g/mol. The van der Waals surface area contributed by atoms with E-state index in [1.807, 2.05) is 0 Å². The Bertz CT molecular complexity index is 406. The maximum atomic E-state index is 10.9. The van der Waals surface area contributed by atoms with E-state index in [0.717, 1.165) is 0 Å². The van der Waals surface area contributed by atoms with E-state index in [9.17, 15) is 14.9 Å². The quantitative estimate of drug-likeness (QED) is 0.440. The first-order valence-electron chi connectivity index (χ1n) is 4.07. The fourth-order valence-corrected chi connectivity index (χ4v) is 1.41. The van der Waals surface area contributed by atoms with Crippen LogP contribution in [0.4, 0.5) is 5.82 Å². The Labute approximate surface area is 97.7 Å². The maximum absolute atomic E-state index is 10.9. The standard InChI is InChI=1S/C6H8BrN5O4/c7-4-3-11(9-6(4)12(14)15)2-1-5(13)16-10-8/h3,10H,1-2,8H2. The predicted molar refractivity (Wildman–Crippen MR) is 54.6 cm³/mol. The van der Waals surface area contributed by atoms with Gasteiger partial charge < -0.3 is 15.0 Å². The summed E-state index contributed by atoms with van der Waals surface area (Å²) in [5.41, 5.74) is 1.74. The van der Waals surface area contributed by atoms with Crippen LogP contribution in [0.1, 0.15) is 6.42 Å². The van der Waals surface area contributed by atoms with Crippen LogP contribution in [0.15, 0.2) is 10.7 Å². The fraction of sp³-hybridized carbons (Fsp3) is 0.333. The lowest BCUT2D eigenvalue weighted by Gasteiger charge is -1.98. The average Bonchev–Trinajstić information content (AvgIpc) is 2.57. The van der Waals surface area contributed by atoms with Gasteiger partial charge in [-0.1, -0.05) is 5.59 Å². The molecule has 0 aliphatic rings. The summed E-state index contributed by atoms with van der Waals surface area (Å²) < 4.78 is 1.52. The van der Waals surface area contributed by atoms with Gasteiger partial charge in [0.15, 0.2) is 0 Å². The van der Waals surface area contributed by atoms with Crippen molar-refractivity contribution in [2.45, 2.75) is 13.0 Å². The Morgan fingerprint density at radius 2 is 2.50 bits per heavy atom. The molecule has 1 rings (SSSR count). The van der Waals surface area contributed by atoms with Crippen molar-refractivity contribution in [3.63, 3.8) is 0 Å². The number of aryl methyl sites for hydroxylation is 1. The average molecular weight is 294 g/mol. The minimum Gasteiger partial charge on any atom is -0.358 e. The largest absolute Gasteiger partial charge is 0.404 e. The SMILES string of the molecule is NNOC(=O)CCn1cc(Br)c([N+](=O)[O-])n1. The van der Waals surface area contributed by atoms with E-state index in [4.69, 9.17) is 5.84 Å². The van der Waals surface area contributed by atoms with Crippen molar-refractivity contribution >= 4 is 27.7 Å². The molecule has 0 atom stereocenters. The summed E-state index contributed by atoms with van der Waals surface area (Å²) in [5, 5.41) is 14.1. The molecule has 10 heteroatoms. The van der Waals surface area contributed by atoms with Gasteiger partial charge in [-0.25, -0.2) is 5.84 Å². The molecular formula is C6H8BrN5O4. The molecule has 88 valence electrons. The van der Waals surface area contributed by atoms with Gasteiger partial charge in [0.25, 0.3) is 0 Å². The van der Waals surface area contributed by atoms with Crippen molar-refractivity contribution in [1.29, 1.82) is 0 Å². The van der Waals surface area contributed by atoms with Crippen molar-refractivity contribution in [1.82, 2.24) is 15.4 Å². The van der Waals surface area contributed by atoms with Crippen LogP contribution >= 0.6 is 15.9 Å². The van der Waals surface area contributed by atoms with Crippen molar-refractivity contribution < 1.29 is 14.6 Å². The van der Waals surface area contributed by atoms with Crippen LogP contribution in [-0.2, 0) is 16.2 Å². The lowest BCUT2D eigenvalue weighted by atomic mass is 10.4. The molecule has 16 heavy (non-hydrogen) atoms. The van der Waals surface area contributed by atoms with Crippen molar-refractivity contribution in [2.24, 2.45) is 5.84 Å². The summed E-state index contributed by atoms with van der Waals surface area (Å²) in [6.45, 7) is 0.160. The van der Waals surface area contributed by atoms with Gasteiger partial charge in [-0.3, -0.25) is 4.79 Å². The highest BCUT2D eigenvalue weighted by Gasteiger charge is 2.18. The van der Waals surface area contributed by atoms with E-state index in [-0.39, 0.29) is 23.3 Å². The molecule has 0 bridgehead atoms. The third kappa shape index (κ3) is 3.25. The molecule has 1 aromatic rings.